The Morgan fingerprint density at radius 1 is 0.583 bits per heavy atom. The number of hydrogen-bond donors (Lipinski definition) is 4. The molecule has 6 atom stereocenters. The smallest absolute Gasteiger partial charge is 0.306 e. The summed E-state index contributed by atoms with van der Waals surface area (Å²) in [6, 6.07) is 0. The summed E-state index contributed by atoms with van der Waals surface area (Å²) in [7, 11) is -4.62. The first-order valence-corrected chi connectivity index (χ1v) is 23.4. The van der Waals surface area contributed by atoms with E-state index in [2.05, 4.69) is 80.7 Å². The molecular formula is C47H74O12S. The number of aliphatic hydroxyl groups excluding tert-OH is 3. The minimum Gasteiger partial charge on any atom is -0.462 e. The molecule has 1 heterocycles. The van der Waals surface area contributed by atoms with Gasteiger partial charge in [-0.2, -0.15) is 8.42 Å². The Balaban J connectivity index is 2.56. The Bertz CT molecular complexity index is 1480. The summed E-state index contributed by atoms with van der Waals surface area (Å²) in [5.41, 5.74) is 0. The molecule has 0 saturated carbocycles. The molecule has 1 saturated heterocycles. The Kier molecular flexibility index (Phi) is 33.0. The number of ether oxygens (including phenoxy) is 4. The van der Waals surface area contributed by atoms with Crippen LogP contribution < -0.4 is 0 Å². The molecule has 340 valence electrons. The minimum absolute atomic E-state index is 0.0367. The molecule has 0 aliphatic carbocycles. The summed E-state index contributed by atoms with van der Waals surface area (Å²) in [6.07, 6.45) is 39.1. The summed E-state index contributed by atoms with van der Waals surface area (Å²) in [5, 5.41) is 30.8. The van der Waals surface area contributed by atoms with E-state index in [4.69, 9.17) is 18.9 Å². The van der Waals surface area contributed by atoms with Gasteiger partial charge >= 0.3 is 11.9 Å². The maximum atomic E-state index is 12.7. The van der Waals surface area contributed by atoms with Crippen molar-refractivity contribution in [3.8, 4) is 0 Å². The molecule has 13 heteroatoms. The Hall–Kier alpha value is -3.43. The third-order valence-corrected chi connectivity index (χ3v) is 9.92. The van der Waals surface area contributed by atoms with Gasteiger partial charge in [0.2, 0.25) is 0 Å². The Labute approximate surface area is 360 Å². The molecule has 1 aliphatic heterocycles. The number of esters is 2. The SMILES string of the molecule is CC/C=C/C/C=C/C/C=C/C/C=C/C/C=C/C/C=C/CCC(=O)OCC(CO[C@H]1O[C@H](CS(=O)(=O)O)[C@@H](O)C(O)C1O)OC(=O)CC/C=C/C/C=C/CCCCCCCC. The van der Waals surface area contributed by atoms with Crippen LogP contribution in [0.5, 0.6) is 0 Å². The van der Waals surface area contributed by atoms with Crippen LogP contribution >= 0.6 is 0 Å². The van der Waals surface area contributed by atoms with Crippen molar-refractivity contribution in [3.63, 3.8) is 0 Å². The fraction of sp³-hybridized carbons (Fsp3) is 0.617. The van der Waals surface area contributed by atoms with Crippen molar-refractivity contribution in [1.82, 2.24) is 0 Å². The number of allylic oxidation sites excluding steroid dienone is 16. The van der Waals surface area contributed by atoms with Crippen LogP contribution in [0.15, 0.2) is 97.2 Å². The highest BCUT2D eigenvalue weighted by molar-refractivity contribution is 7.85. The van der Waals surface area contributed by atoms with Crippen molar-refractivity contribution >= 4 is 22.1 Å². The second-order valence-corrected chi connectivity index (χ2v) is 16.1. The first-order valence-electron chi connectivity index (χ1n) is 21.8. The van der Waals surface area contributed by atoms with Gasteiger partial charge in [-0.15, -0.1) is 0 Å². The van der Waals surface area contributed by atoms with Crippen LogP contribution in [-0.4, -0.2) is 96.0 Å². The zero-order chi connectivity index (χ0) is 44.1. The van der Waals surface area contributed by atoms with Crippen LogP contribution in [-0.2, 0) is 38.7 Å². The van der Waals surface area contributed by atoms with Gasteiger partial charge in [0.15, 0.2) is 12.4 Å². The van der Waals surface area contributed by atoms with E-state index < -0.39 is 71.2 Å². The maximum Gasteiger partial charge on any atom is 0.306 e. The van der Waals surface area contributed by atoms with E-state index >= 15 is 0 Å². The van der Waals surface area contributed by atoms with E-state index in [0.29, 0.717) is 12.8 Å². The Morgan fingerprint density at radius 2 is 1.05 bits per heavy atom. The lowest BCUT2D eigenvalue weighted by Gasteiger charge is -2.40. The van der Waals surface area contributed by atoms with E-state index in [1.54, 1.807) is 0 Å². The maximum absolute atomic E-state index is 12.7. The molecule has 0 aromatic carbocycles. The van der Waals surface area contributed by atoms with Gasteiger partial charge in [0.25, 0.3) is 10.1 Å². The van der Waals surface area contributed by atoms with Crippen LogP contribution in [0.1, 0.15) is 129 Å². The quantitative estimate of drug-likeness (QED) is 0.0209. The van der Waals surface area contributed by atoms with Gasteiger partial charge in [0, 0.05) is 12.8 Å². The van der Waals surface area contributed by atoms with Gasteiger partial charge in [-0.3, -0.25) is 14.1 Å². The number of hydrogen-bond acceptors (Lipinski definition) is 11. The Morgan fingerprint density at radius 3 is 1.57 bits per heavy atom. The molecule has 0 aromatic rings. The van der Waals surface area contributed by atoms with Crippen molar-refractivity contribution in [2.75, 3.05) is 19.0 Å². The second kappa shape index (κ2) is 36.2. The van der Waals surface area contributed by atoms with Gasteiger partial charge in [-0.1, -0.05) is 143 Å². The van der Waals surface area contributed by atoms with E-state index in [9.17, 15) is 37.9 Å². The molecule has 0 spiro atoms. The zero-order valence-electron chi connectivity index (χ0n) is 36.0. The largest absolute Gasteiger partial charge is 0.462 e. The van der Waals surface area contributed by atoms with Gasteiger partial charge < -0.3 is 34.3 Å². The average Bonchev–Trinajstić information content (AvgIpc) is 3.21. The van der Waals surface area contributed by atoms with Crippen LogP contribution in [0, 0.1) is 0 Å². The fourth-order valence-corrected chi connectivity index (χ4v) is 6.50. The van der Waals surface area contributed by atoms with Crippen LogP contribution in [0.3, 0.4) is 0 Å². The third kappa shape index (κ3) is 30.6. The molecule has 1 aliphatic rings. The third-order valence-electron chi connectivity index (χ3n) is 9.17. The predicted molar refractivity (Wildman–Crippen MR) is 237 cm³/mol. The summed E-state index contributed by atoms with van der Waals surface area (Å²) >= 11 is 0. The first-order chi connectivity index (χ1) is 29.0. The standard InChI is InChI=1S/C47H74O12S/c1-3-5-7-9-11-13-15-17-18-19-20-21-22-24-25-27-29-31-33-35-42(48)56-37-40(38-57-47-46(52)45(51)44(50)41(59-47)39-60(53,54)55)58-43(49)36-34-32-30-28-26-23-16-14-12-10-8-6-4-2/h5,7,11,13,17-18,20-21,23-26,29-32,40-41,44-47,50-52H,3-4,6,8-10,12,14-16,19,22,27-28,33-39H2,1-2H3,(H,53,54,55)/b7-5+,13-11+,18-17+,21-20+,25-24+,26-23+,31-29+,32-30+/t40?,41-,44-,45?,46?,47+/m1/s1. The second-order valence-electron chi connectivity index (χ2n) is 14.6. The summed E-state index contributed by atoms with van der Waals surface area (Å²) < 4.78 is 53.8. The summed E-state index contributed by atoms with van der Waals surface area (Å²) in [6.45, 7) is 3.49. The van der Waals surface area contributed by atoms with Gasteiger partial charge in [-0.25, -0.2) is 0 Å². The molecule has 1 rings (SSSR count). The minimum atomic E-state index is -4.62. The molecule has 0 amide bonds. The van der Waals surface area contributed by atoms with Gasteiger partial charge in [0.05, 0.1) is 6.61 Å². The highest BCUT2D eigenvalue weighted by Gasteiger charge is 2.46. The van der Waals surface area contributed by atoms with E-state index in [1.165, 1.54) is 38.5 Å². The lowest BCUT2D eigenvalue weighted by molar-refractivity contribution is -0.297. The summed E-state index contributed by atoms with van der Waals surface area (Å²) in [4.78, 5) is 25.3. The van der Waals surface area contributed by atoms with Crippen molar-refractivity contribution in [1.29, 1.82) is 0 Å². The van der Waals surface area contributed by atoms with Crippen molar-refractivity contribution in [3.05, 3.63) is 97.2 Å². The average molecular weight is 863 g/mol. The number of carbonyl (C=O) groups excluding carboxylic acids is 2. The molecule has 0 aromatic heterocycles. The zero-order valence-corrected chi connectivity index (χ0v) is 36.8. The molecule has 12 nitrogen and oxygen atoms in total. The molecular weight excluding hydrogens is 789 g/mol. The van der Waals surface area contributed by atoms with E-state index in [-0.39, 0.29) is 19.4 Å². The number of carbonyl (C=O) groups is 2. The van der Waals surface area contributed by atoms with Crippen molar-refractivity contribution < 1.29 is 56.8 Å². The van der Waals surface area contributed by atoms with Crippen molar-refractivity contribution in [2.24, 2.45) is 0 Å². The number of aliphatic hydroxyl groups is 3. The topological polar surface area (TPSA) is 186 Å². The first kappa shape index (κ1) is 54.6. The molecule has 60 heavy (non-hydrogen) atoms. The highest BCUT2D eigenvalue weighted by atomic mass is 32.2. The van der Waals surface area contributed by atoms with E-state index in [1.807, 2.05) is 30.4 Å². The van der Waals surface area contributed by atoms with Gasteiger partial charge in [0.1, 0.15) is 36.8 Å². The monoisotopic (exact) mass is 862 g/mol. The molecule has 4 N–H and O–H groups in total. The van der Waals surface area contributed by atoms with Crippen LogP contribution in [0.4, 0.5) is 0 Å². The molecule has 0 radical (unpaired) electrons. The lowest BCUT2D eigenvalue weighted by Crippen LogP contribution is -2.60. The normalized spacial score (nSPS) is 21.1. The fourth-order valence-electron chi connectivity index (χ4n) is 5.81. The van der Waals surface area contributed by atoms with Crippen LogP contribution in [0.2, 0.25) is 0 Å². The van der Waals surface area contributed by atoms with Gasteiger partial charge in [-0.05, 0) is 70.6 Å². The molecule has 1 fully saturated rings. The lowest BCUT2D eigenvalue weighted by atomic mass is 10.00. The van der Waals surface area contributed by atoms with Crippen molar-refractivity contribution in [2.45, 2.75) is 166 Å². The number of rotatable bonds is 34. The molecule has 0 bridgehead atoms. The molecule has 3 unspecified atom stereocenters. The summed E-state index contributed by atoms with van der Waals surface area (Å²) in [5.74, 6) is -2.19. The number of unbranched alkanes of at least 4 members (excludes halogenated alkanes) is 6. The predicted octanol–water partition coefficient (Wildman–Crippen LogP) is 8.66. The van der Waals surface area contributed by atoms with E-state index in [0.717, 1.165) is 51.4 Å². The van der Waals surface area contributed by atoms with Crippen LogP contribution in [0.25, 0.3) is 0 Å². The highest BCUT2D eigenvalue weighted by Crippen LogP contribution is 2.23.